The molecule has 81 heavy (non-hydrogen) atoms. The molecule has 0 fully saturated rings. The lowest BCUT2D eigenvalue weighted by atomic mass is 10.0. The topological polar surface area (TPSA) is 95.9 Å². The smallest absolute Gasteiger partial charge is 0.305 e. The van der Waals surface area contributed by atoms with Crippen LogP contribution >= 0.6 is 0 Å². The SMILES string of the molecule is CCCCCCCCCCCCCCCCC(O)C(CO)NC(=O)CCCCCCCCCCCCCCCCCCC/C=C\CCCCCCCCCCCCCCCCCCCCOC(=O)CCCCCCCCCCCCC. The van der Waals surface area contributed by atoms with Crippen molar-refractivity contribution in [3.63, 3.8) is 0 Å². The lowest BCUT2D eigenvalue weighted by Gasteiger charge is -2.22. The maximum Gasteiger partial charge on any atom is 0.305 e. The minimum Gasteiger partial charge on any atom is -0.466 e. The van der Waals surface area contributed by atoms with Gasteiger partial charge in [0.15, 0.2) is 0 Å². The molecule has 6 nitrogen and oxygen atoms in total. The second kappa shape index (κ2) is 71.1. The third-order valence-corrected chi connectivity index (χ3v) is 17.8. The van der Waals surface area contributed by atoms with Crippen LogP contribution in [-0.2, 0) is 14.3 Å². The predicted octanol–water partition coefficient (Wildman–Crippen LogP) is 24.3. The molecular weight excluding hydrogens is 995 g/mol. The van der Waals surface area contributed by atoms with E-state index in [-0.39, 0.29) is 18.5 Å². The number of esters is 1. The minimum absolute atomic E-state index is 0.0230. The number of allylic oxidation sites excluding steroid dienone is 2. The highest BCUT2D eigenvalue weighted by Gasteiger charge is 2.20. The summed E-state index contributed by atoms with van der Waals surface area (Å²) in [5.74, 6) is -0.00444. The van der Waals surface area contributed by atoms with Crippen molar-refractivity contribution in [2.45, 2.75) is 443 Å². The van der Waals surface area contributed by atoms with Crippen molar-refractivity contribution in [1.29, 1.82) is 0 Å². The van der Waals surface area contributed by atoms with Crippen molar-refractivity contribution in [3.05, 3.63) is 12.2 Å². The molecule has 3 N–H and O–H groups in total. The Balaban J connectivity index is 3.30. The molecule has 0 spiro atoms. The predicted molar refractivity (Wildman–Crippen MR) is 357 cm³/mol. The second-order valence-corrected chi connectivity index (χ2v) is 26.0. The van der Waals surface area contributed by atoms with Crippen molar-refractivity contribution in [2.75, 3.05) is 13.2 Å². The molecule has 6 heteroatoms. The van der Waals surface area contributed by atoms with E-state index in [0.29, 0.717) is 25.9 Å². The Kier molecular flexibility index (Phi) is 69.9. The van der Waals surface area contributed by atoms with Gasteiger partial charge in [0.2, 0.25) is 5.91 Å². The molecule has 0 aliphatic carbocycles. The summed E-state index contributed by atoms with van der Waals surface area (Å²) < 4.78 is 5.48. The molecule has 0 heterocycles. The van der Waals surface area contributed by atoms with Crippen LogP contribution in [0.4, 0.5) is 0 Å². The van der Waals surface area contributed by atoms with E-state index < -0.39 is 12.1 Å². The number of nitrogens with one attached hydrogen (secondary N) is 1. The molecule has 0 rings (SSSR count). The molecule has 482 valence electrons. The third kappa shape index (κ3) is 67.6. The molecule has 0 saturated carbocycles. The number of carbonyl (C=O) groups excluding carboxylic acids is 2. The molecule has 0 aliphatic heterocycles. The number of aliphatic hydroxyl groups is 2. The van der Waals surface area contributed by atoms with Crippen LogP contribution in [0.5, 0.6) is 0 Å². The van der Waals surface area contributed by atoms with Crippen LogP contribution < -0.4 is 5.32 Å². The molecule has 0 radical (unpaired) electrons. The van der Waals surface area contributed by atoms with E-state index in [4.69, 9.17) is 4.74 Å². The molecule has 2 atom stereocenters. The van der Waals surface area contributed by atoms with E-state index in [1.807, 2.05) is 0 Å². The van der Waals surface area contributed by atoms with Crippen LogP contribution in [-0.4, -0.2) is 47.4 Å². The Morgan fingerprint density at radius 2 is 0.580 bits per heavy atom. The number of hydrogen-bond donors (Lipinski definition) is 3. The van der Waals surface area contributed by atoms with E-state index in [0.717, 1.165) is 38.5 Å². The van der Waals surface area contributed by atoms with E-state index >= 15 is 0 Å². The summed E-state index contributed by atoms with van der Waals surface area (Å²) >= 11 is 0. The zero-order chi connectivity index (χ0) is 58.5. The first-order chi connectivity index (χ1) is 40.0. The van der Waals surface area contributed by atoms with Crippen LogP contribution in [0.25, 0.3) is 0 Å². The fraction of sp³-hybridized carbons (Fsp3) is 0.947. The number of hydrogen-bond acceptors (Lipinski definition) is 5. The monoisotopic (exact) mass is 1140 g/mol. The molecule has 2 unspecified atom stereocenters. The van der Waals surface area contributed by atoms with E-state index in [1.165, 1.54) is 360 Å². The minimum atomic E-state index is -0.660. The van der Waals surface area contributed by atoms with Gasteiger partial charge in [0, 0.05) is 12.8 Å². The number of unbranched alkanes of at least 4 members (excludes halogenated alkanes) is 58. The molecular formula is C75H147NO5. The summed E-state index contributed by atoms with van der Waals surface area (Å²) in [5, 5.41) is 23.3. The van der Waals surface area contributed by atoms with Crippen LogP contribution in [0.2, 0.25) is 0 Å². The molecule has 0 aromatic rings. The van der Waals surface area contributed by atoms with Gasteiger partial charge in [0.1, 0.15) is 0 Å². The van der Waals surface area contributed by atoms with Crippen molar-refractivity contribution in [1.82, 2.24) is 5.32 Å². The number of aliphatic hydroxyl groups excluding tert-OH is 2. The fourth-order valence-electron chi connectivity index (χ4n) is 12.1. The van der Waals surface area contributed by atoms with Crippen LogP contribution in [0, 0.1) is 0 Å². The van der Waals surface area contributed by atoms with Crippen molar-refractivity contribution >= 4 is 11.9 Å². The average Bonchev–Trinajstić information content (AvgIpc) is 3.47. The summed E-state index contributed by atoms with van der Waals surface area (Å²) in [6.07, 6.45) is 88.7. The van der Waals surface area contributed by atoms with E-state index in [2.05, 4.69) is 31.3 Å². The zero-order valence-electron chi connectivity index (χ0n) is 55.3. The Hall–Kier alpha value is -1.40. The Morgan fingerprint density at radius 3 is 0.877 bits per heavy atom. The normalized spacial score (nSPS) is 12.5. The quantitative estimate of drug-likeness (QED) is 0.0320. The maximum absolute atomic E-state index is 12.5. The van der Waals surface area contributed by atoms with Crippen molar-refractivity contribution < 1.29 is 24.5 Å². The Bertz CT molecular complexity index is 1220. The van der Waals surface area contributed by atoms with Gasteiger partial charge >= 0.3 is 5.97 Å². The van der Waals surface area contributed by atoms with Gasteiger partial charge in [-0.1, -0.05) is 379 Å². The first-order valence-electron chi connectivity index (χ1n) is 37.4. The third-order valence-electron chi connectivity index (χ3n) is 17.8. The summed E-state index contributed by atoms with van der Waals surface area (Å²) in [5.41, 5.74) is 0. The first kappa shape index (κ1) is 79.6. The maximum atomic E-state index is 12.5. The molecule has 0 aliphatic rings. The largest absolute Gasteiger partial charge is 0.466 e. The van der Waals surface area contributed by atoms with Crippen LogP contribution in [0.15, 0.2) is 12.2 Å². The lowest BCUT2D eigenvalue weighted by molar-refractivity contribution is -0.143. The first-order valence-corrected chi connectivity index (χ1v) is 37.4. The van der Waals surface area contributed by atoms with Crippen molar-refractivity contribution in [2.24, 2.45) is 0 Å². The van der Waals surface area contributed by atoms with Gasteiger partial charge in [-0.2, -0.15) is 0 Å². The Morgan fingerprint density at radius 1 is 0.333 bits per heavy atom. The molecule has 0 aromatic heterocycles. The highest BCUT2D eigenvalue weighted by molar-refractivity contribution is 5.76. The number of carbonyl (C=O) groups is 2. The van der Waals surface area contributed by atoms with Gasteiger partial charge in [-0.05, 0) is 51.4 Å². The number of ether oxygens (including phenoxy) is 1. The van der Waals surface area contributed by atoms with Crippen molar-refractivity contribution in [3.8, 4) is 0 Å². The number of amides is 1. The van der Waals surface area contributed by atoms with Crippen LogP contribution in [0.3, 0.4) is 0 Å². The molecule has 0 saturated heterocycles. The summed E-state index contributed by atoms with van der Waals surface area (Å²) in [4.78, 5) is 24.5. The summed E-state index contributed by atoms with van der Waals surface area (Å²) in [6.45, 7) is 4.99. The van der Waals surface area contributed by atoms with E-state index in [1.54, 1.807) is 0 Å². The van der Waals surface area contributed by atoms with E-state index in [9.17, 15) is 19.8 Å². The van der Waals surface area contributed by atoms with Gasteiger partial charge < -0.3 is 20.3 Å². The molecule has 0 aromatic carbocycles. The molecule has 0 bridgehead atoms. The van der Waals surface area contributed by atoms with Gasteiger partial charge in [-0.25, -0.2) is 0 Å². The van der Waals surface area contributed by atoms with Gasteiger partial charge in [0.05, 0.1) is 25.4 Å². The zero-order valence-corrected chi connectivity index (χ0v) is 55.3. The van der Waals surface area contributed by atoms with Gasteiger partial charge in [0.25, 0.3) is 0 Å². The average molecular weight is 1140 g/mol. The Labute approximate surface area is 508 Å². The standard InChI is InChI=1S/C75H147NO5/c1-3-5-7-9-11-13-15-16-44-48-51-55-59-63-67-73(78)72(71-77)76-74(79)68-64-60-56-52-49-45-42-40-38-36-34-32-30-28-26-24-22-20-18-17-19-21-23-25-27-29-31-33-35-37-39-41-43-46-50-54-58-62-66-70-81-75(80)69-65-61-57-53-47-14-12-10-8-6-4-2/h17-18,72-73,77-78H,3-16,19-71H2,1-2H3,(H,76,79)/b18-17-. The van der Waals surface area contributed by atoms with Gasteiger partial charge in [-0.15, -0.1) is 0 Å². The second-order valence-electron chi connectivity index (χ2n) is 26.0. The summed E-state index contributed by atoms with van der Waals surface area (Å²) in [7, 11) is 0. The lowest BCUT2D eigenvalue weighted by Crippen LogP contribution is -2.45. The van der Waals surface area contributed by atoms with Gasteiger partial charge in [-0.3, -0.25) is 9.59 Å². The number of rotatable bonds is 71. The summed E-state index contributed by atoms with van der Waals surface area (Å²) in [6, 6.07) is -0.537. The highest BCUT2D eigenvalue weighted by atomic mass is 16.5. The molecule has 1 amide bonds. The fourth-order valence-corrected chi connectivity index (χ4v) is 12.1. The highest BCUT2D eigenvalue weighted by Crippen LogP contribution is 2.20. The van der Waals surface area contributed by atoms with Crippen LogP contribution in [0.1, 0.15) is 431 Å².